The van der Waals surface area contributed by atoms with Crippen LogP contribution in [0.4, 0.5) is 0 Å². The van der Waals surface area contributed by atoms with Gasteiger partial charge in [-0.3, -0.25) is 4.79 Å². The van der Waals surface area contributed by atoms with Gasteiger partial charge in [-0.25, -0.2) is 0 Å². The van der Waals surface area contributed by atoms with Gasteiger partial charge in [-0.15, -0.1) is 0 Å². The summed E-state index contributed by atoms with van der Waals surface area (Å²) in [7, 11) is 1.83. The highest BCUT2D eigenvalue weighted by molar-refractivity contribution is 5.76. The first kappa shape index (κ1) is 13.8. The van der Waals surface area contributed by atoms with Gasteiger partial charge in [0.2, 0.25) is 5.91 Å². The van der Waals surface area contributed by atoms with Gasteiger partial charge >= 0.3 is 0 Å². The van der Waals surface area contributed by atoms with Gasteiger partial charge in [-0.2, -0.15) is 0 Å². The third-order valence-corrected chi connectivity index (χ3v) is 4.29. The number of likely N-dealkylation sites (N-methyl/N-ethyl adjacent to an activating group) is 1. The van der Waals surface area contributed by atoms with E-state index in [1.54, 1.807) is 4.90 Å². The summed E-state index contributed by atoms with van der Waals surface area (Å²) < 4.78 is 5.53. The van der Waals surface area contributed by atoms with Crippen LogP contribution in [-0.2, 0) is 9.53 Å². The molecule has 3 unspecified atom stereocenters. The molecular weight excluding hydrogens is 230 g/mol. The van der Waals surface area contributed by atoms with Crippen molar-refractivity contribution in [1.29, 1.82) is 0 Å². The Bertz CT molecular complexity index is 276. The Balaban J connectivity index is 1.76. The average molecular weight is 255 g/mol. The largest absolute Gasteiger partial charge is 0.391 e. The third-order valence-electron chi connectivity index (χ3n) is 4.29. The molecule has 1 heterocycles. The molecule has 3 atom stereocenters. The highest BCUT2D eigenvalue weighted by Crippen LogP contribution is 2.24. The van der Waals surface area contributed by atoms with Gasteiger partial charge in [0, 0.05) is 20.1 Å². The fraction of sp³-hybridized carbons (Fsp3) is 0.929. The van der Waals surface area contributed by atoms with Crippen molar-refractivity contribution in [2.45, 2.75) is 69.6 Å². The van der Waals surface area contributed by atoms with Crippen molar-refractivity contribution in [3.63, 3.8) is 0 Å². The zero-order chi connectivity index (χ0) is 13.0. The number of hydrogen-bond donors (Lipinski definition) is 1. The SMILES string of the molecule is CN(C(=O)CCC1CCCO1)C1CCCCC1O. The van der Waals surface area contributed by atoms with Crippen LogP contribution in [0, 0.1) is 0 Å². The van der Waals surface area contributed by atoms with Crippen molar-refractivity contribution < 1.29 is 14.6 Å². The second-order valence-corrected chi connectivity index (χ2v) is 5.60. The third kappa shape index (κ3) is 3.45. The first-order valence-electron chi connectivity index (χ1n) is 7.24. The van der Waals surface area contributed by atoms with Crippen LogP contribution in [-0.4, -0.2) is 47.8 Å². The molecule has 2 aliphatic rings. The standard InChI is InChI=1S/C14H25NO3/c1-15(12-6-2-3-7-13(12)16)14(17)9-8-11-5-4-10-18-11/h11-13,16H,2-10H2,1H3. The Labute approximate surface area is 109 Å². The van der Waals surface area contributed by atoms with Crippen molar-refractivity contribution in [3.05, 3.63) is 0 Å². The van der Waals surface area contributed by atoms with Crippen LogP contribution in [0.2, 0.25) is 0 Å². The van der Waals surface area contributed by atoms with E-state index < -0.39 is 0 Å². The fourth-order valence-electron chi connectivity index (χ4n) is 3.06. The first-order chi connectivity index (χ1) is 8.68. The lowest BCUT2D eigenvalue weighted by molar-refractivity contribution is -0.136. The number of aliphatic hydroxyl groups is 1. The summed E-state index contributed by atoms with van der Waals surface area (Å²) in [5, 5.41) is 9.95. The van der Waals surface area contributed by atoms with Gasteiger partial charge in [0.1, 0.15) is 0 Å². The number of rotatable bonds is 4. The number of hydrogen-bond acceptors (Lipinski definition) is 3. The van der Waals surface area contributed by atoms with Gasteiger partial charge in [0.05, 0.1) is 18.2 Å². The summed E-state index contributed by atoms with van der Waals surface area (Å²) in [4.78, 5) is 13.9. The number of amides is 1. The Kier molecular flexibility index (Phi) is 5.01. The van der Waals surface area contributed by atoms with Gasteiger partial charge < -0.3 is 14.7 Å². The summed E-state index contributed by atoms with van der Waals surface area (Å²) >= 11 is 0. The molecule has 1 amide bonds. The van der Waals surface area contributed by atoms with E-state index in [0.717, 1.165) is 51.6 Å². The van der Waals surface area contributed by atoms with Gasteiger partial charge in [-0.05, 0) is 32.1 Å². The minimum atomic E-state index is -0.338. The van der Waals surface area contributed by atoms with Crippen molar-refractivity contribution in [2.24, 2.45) is 0 Å². The maximum atomic E-state index is 12.1. The molecule has 1 aliphatic heterocycles. The minimum absolute atomic E-state index is 0.0238. The minimum Gasteiger partial charge on any atom is -0.391 e. The molecule has 0 bridgehead atoms. The molecule has 1 saturated carbocycles. The maximum absolute atomic E-state index is 12.1. The molecule has 0 aromatic heterocycles. The summed E-state index contributed by atoms with van der Waals surface area (Å²) in [6, 6.07) is 0.0238. The lowest BCUT2D eigenvalue weighted by Gasteiger charge is -2.35. The van der Waals surface area contributed by atoms with E-state index in [2.05, 4.69) is 0 Å². The first-order valence-corrected chi connectivity index (χ1v) is 7.24. The van der Waals surface area contributed by atoms with Crippen LogP contribution < -0.4 is 0 Å². The number of nitrogens with zero attached hydrogens (tertiary/aromatic N) is 1. The van der Waals surface area contributed by atoms with Crippen LogP contribution in [0.5, 0.6) is 0 Å². The molecule has 0 spiro atoms. The van der Waals surface area contributed by atoms with Crippen LogP contribution >= 0.6 is 0 Å². The molecular formula is C14H25NO3. The van der Waals surface area contributed by atoms with Gasteiger partial charge in [0.25, 0.3) is 0 Å². The normalized spacial score (nSPS) is 32.4. The molecule has 0 radical (unpaired) electrons. The predicted molar refractivity (Wildman–Crippen MR) is 69.2 cm³/mol. The highest BCUT2D eigenvalue weighted by atomic mass is 16.5. The second-order valence-electron chi connectivity index (χ2n) is 5.60. The van der Waals surface area contributed by atoms with Crippen molar-refractivity contribution in [2.75, 3.05) is 13.7 Å². The average Bonchev–Trinajstić information content (AvgIpc) is 2.89. The van der Waals surface area contributed by atoms with Crippen LogP contribution in [0.3, 0.4) is 0 Å². The van der Waals surface area contributed by atoms with Crippen molar-refractivity contribution in [3.8, 4) is 0 Å². The number of ether oxygens (including phenoxy) is 1. The summed E-state index contributed by atoms with van der Waals surface area (Å²) in [6.07, 6.45) is 7.47. The zero-order valence-corrected chi connectivity index (χ0v) is 11.3. The number of aliphatic hydroxyl groups excluding tert-OH is 1. The molecule has 0 aromatic rings. The predicted octanol–water partition coefficient (Wildman–Crippen LogP) is 1.71. The summed E-state index contributed by atoms with van der Waals surface area (Å²) in [5.41, 5.74) is 0. The molecule has 0 aromatic carbocycles. The monoisotopic (exact) mass is 255 g/mol. The van der Waals surface area contributed by atoms with E-state index in [9.17, 15) is 9.90 Å². The molecule has 4 nitrogen and oxygen atoms in total. The number of carbonyl (C=O) groups is 1. The Morgan fingerprint density at radius 3 is 2.72 bits per heavy atom. The Hall–Kier alpha value is -0.610. The molecule has 18 heavy (non-hydrogen) atoms. The topological polar surface area (TPSA) is 49.8 Å². The summed E-state index contributed by atoms with van der Waals surface area (Å²) in [5.74, 6) is 0.149. The highest BCUT2D eigenvalue weighted by Gasteiger charge is 2.29. The van der Waals surface area contributed by atoms with Gasteiger partial charge in [-0.1, -0.05) is 12.8 Å². The second kappa shape index (κ2) is 6.53. The summed E-state index contributed by atoms with van der Waals surface area (Å²) in [6.45, 7) is 0.843. The van der Waals surface area contributed by atoms with Crippen LogP contribution in [0.25, 0.3) is 0 Å². The van der Waals surface area contributed by atoms with E-state index in [1.807, 2.05) is 7.05 Å². The van der Waals surface area contributed by atoms with Crippen LogP contribution in [0.1, 0.15) is 51.4 Å². The van der Waals surface area contributed by atoms with Crippen molar-refractivity contribution in [1.82, 2.24) is 4.90 Å². The zero-order valence-electron chi connectivity index (χ0n) is 11.3. The van der Waals surface area contributed by atoms with Gasteiger partial charge in [0.15, 0.2) is 0 Å². The quantitative estimate of drug-likeness (QED) is 0.832. The van der Waals surface area contributed by atoms with E-state index in [4.69, 9.17) is 4.74 Å². The maximum Gasteiger partial charge on any atom is 0.222 e. The number of carbonyl (C=O) groups excluding carboxylic acids is 1. The molecule has 1 aliphatic carbocycles. The Morgan fingerprint density at radius 2 is 2.06 bits per heavy atom. The molecule has 104 valence electrons. The van der Waals surface area contributed by atoms with E-state index in [-0.39, 0.29) is 24.2 Å². The smallest absolute Gasteiger partial charge is 0.222 e. The molecule has 1 saturated heterocycles. The molecule has 2 fully saturated rings. The molecule has 1 N–H and O–H groups in total. The van der Waals surface area contributed by atoms with E-state index in [0.29, 0.717) is 6.42 Å². The lowest BCUT2D eigenvalue weighted by atomic mass is 9.91. The van der Waals surface area contributed by atoms with Crippen molar-refractivity contribution >= 4 is 5.91 Å². The van der Waals surface area contributed by atoms with E-state index in [1.165, 1.54) is 0 Å². The molecule has 4 heteroatoms. The Morgan fingerprint density at radius 1 is 1.28 bits per heavy atom. The molecule has 2 rings (SSSR count). The van der Waals surface area contributed by atoms with Crippen LogP contribution in [0.15, 0.2) is 0 Å². The fourth-order valence-corrected chi connectivity index (χ4v) is 3.06. The lowest BCUT2D eigenvalue weighted by Crippen LogP contribution is -2.46. The van der Waals surface area contributed by atoms with E-state index >= 15 is 0 Å².